The molecule has 9 heteroatoms. The Kier molecular flexibility index (Phi) is 8.17. The maximum absolute atomic E-state index is 13.2. The number of hydrogen-bond acceptors (Lipinski definition) is 6. The zero-order valence-electron chi connectivity index (χ0n) is 18.4. The molecule has 3 unspecified atom stereocenters. The summed E-state index contributed by atoms with van der Waals surface area (Å²) in [4.78, 5) is 19.1. The van der Waals surface area contributed by atoms with Crippen LogP contribution in [-0.2, 0) is 4.74 Å². The number of ether oxygens (including phenoxy) is 2. The molecule has 3 atom stereocenters. The fourth-order valence-electron chi connectivity index (χ4n) is 4.01. The summed E-state index contributed by atoms with van der Waals surface area (Å²) >= 11 is 6.12. The Morgan fingerprint density at radius 3 is 2.62 bits per heavy atom. The van der Waals surface area contributed by atoms with Crippen LogP contribution in [0.3, 0.4) is 0 Å². The van der Waals surface area contributed by atoms with Crippen molar-refractivity contribution in [3.63, 3.8) is 0 Å². The summed E-state index contributed by atoms with van der Waals surface area (Å²) in [7, 11) is 3.09. The van der Waals surface area contributed by atoms with E-state index in [0.717, 1.165) is 12.8 Å². The van der Waals surface area contributed by atoms with Gasteiger partial charge in [0.25, 0.3) is 5.91 Å². The first-order valence-corrected chi connectivity index (χ1v) is 10.9. The molecule has 0 aromatic heterocycles. The number of rotatable bonds is 8. The lowest BCUT2D eigenvalue weighted by Gasteiger charge is -2.43. The molecule has 1 saturated heterocycles. The van der Waals surface area contributed by atoms with Crippen LogP contribution in [0.15, 0.2) is 36.4 Å². The number of nitrogens with one attached hydrogen (secondary N) is 1. The molecule has 1 heterocycles. The summed E-state index contributed by atoms with van der Waals surface area (Å²) in [5.74, 6) is 0.252. The van der Waals surface area contributed by atoms with Crippen LogP contribution in [0.5, 0.6) is 11.5 Å². The van der Waals surface area contributed by atoms with Gasteiger partial charge in [0.05, 0.1) is 41.6 Å². The van der Waals surface area contributed by atoms with Gasteiger partial charge in [0.15, 0.2) is 0 Å². The van der Waals surface area contributed by atoms with E-state index in [4.69, 9.17) is 31.6 Å². The normalized spacial score (nSPS) is 21.2. The van der Waals surface area contributed by atoms with E-state index in [2.05, 4.69) is 12.2 Å². The van der Waals surface area contributed by atoms with Crippen molar-refractivity contribution in [1.82, 2.24) is 10.4 Å². The van der Waals surface area contributed by atoms with Crippen LogP contribution < -0.4 is 20.6 Å². The minimum atomic E-state index is -0.322. The number of amides is 1. The van der Waals surface area contributed by atoms with Crippen molar-refractivity contribution in [1.29, 1.82) is 0 Å². The van der Waals surface area contributed by atoms with Crippen LogP contribution in [0, 0.1) is 5.82 Å². The van der Waals surface area contributed by atoms with Crippen molar-refractivity contribution >= 4 is 23.2 Å². The molecule has 0 saturated carbocycles. The highest BCUT2D eigenvalue weighted by molar-refractivity contribution is 6.33. The standard InChI is InChI=1S/C23H29ClFN3O4/c1-4-5-20-22(31-3)19(10-11-28(20)32-15-8-6-14(25)7-9-15)27-23(29)16-12-17(24)18(26)13-21(16)30-2/h6-9,12-13,19-20,22H,4-5,10-11,26H2,1-3H3,(H,27,29). The molecule has 3 N–H and O–H groups in total. The molecular weight excluding hydrogens is 437 g/mol. The van der Waals surface area contributed by atoms with Crippen LogP contribution in [0.1, 0.15) is 36.5 Å². The molecule has 174 valence electrons. The van der Waals surface area contributed by atoms with Crippen molar-refractivity contribution in [2.24, 2.45) is 0 Å². The van der Waals surface area contributed by atoms with Gasteiger partial charge in [0, 0.05) is 19.7 Å². The molecule has 32 heavy (non-hydrogen) atoms. The van der Waals surface area contributed by atoms with E-state index >= 15 is 0 Å². The third kappa shape index (κ3) is 5.43. The number of methoxy groups -OCH3 is 2. The topological polar surface area (TPSA) is 86.0 Å². The van der Waals surface area contributed by atoms with Gasteiger partial charge in [-0.3, -0.25) is 4.79 Å². The number of nitrogen functional groups attached to an aromatic ring is 1. The lowest BCUT2D eigenvalue weighted by Crippen LogP contribution is -2.61. The number of anilines is 1. The molecule has 1 amide bonds. The number of carbonyl (C=O) groups excluding carboxylic acids is 1. The zero-order chi connectivity index (χ0) is 23.3. The van der Waals surface area contributed by atoms with Crippen LogP contribution in [0.2, 0.25) is 5.02 Å². The molecule has 0 aliphatic carbocycles. The minimum Gasteiger partial charge on any atom is -0.496 e. The SMILES string of the molecule is CCCC1C(OC)C(NC(=O)c2cc(Cl)c(N)cc2OC)CCN1Oc1ccc(F)cc1. The number of carbonyl (C=O) groups is 1. The van der Waals surface area contributed by atoms with Crippen molar-refractivity contribution in [3.8, 4) is 11.5 Å². The number of benzene rings is 2. The summed E-state index contributed by atoms with van der Waals surface area (Å²) in [5.41, 5.74) is 6.47. The number of hydrogen-bond donors (Lipinski definition) is 2. The summed E-state index contributed by atoms with van der Waals surface area (Å²) in [6.45, 7) is 2.64. The Hall–Kier alpha value is -2.55. The van der Waals surface area contributed by atoms with E-state index in [1.807, 2.05) is 5.06 Å². The Morgan fingerprint density at radius 2 is 2.00 bits per heavy atom. The molecule has 1 aliphatic heterocycles. The van der Waals surface area contributed by atoms with Crippen molar-refractivity contribution in [2.75, 3.05) is 26.5 Å². The van der Waals surface area contributed by atoms with Crippen LogP contribution in [0.4, 0.5) is 10.1 Å². The van der Waals surface area contributed by atoms with Crippen LogP contribution >= 0.6 is 11.6 Å². The largest absolute Gasteiger partial charge is 0.496 e. The van der Waals surface area contributed by atoms with Crippen molar-refractivity contribution < 1.29 is 23.5 Å². The van der Waals surface area contributed by atoms with E-state index in [1.165, 1.54) is 31.4 Å². The fourth-order valence-corrected chi connectivity index (χ4v) is 4.18. The average Bonchev–Trinajstić information content (AvgIpc) is 2.78. The second kappa shape index (κ2) is 10.8. The van der Waals surface area contributed by atoms with Gasteiger partial charge in [-0.15, -0.1) is 5.06 Å². The maximum atomic E-state index is 13.2. The van der Waals surface area contributed by atoms with Gasteiger partial charge in [-0.25, -0.2) is 4.39 Å². The van der Waals surface area contributed by atoms with Gasteiger partial charge in [0.2, 0.25) is 0 Å². The molecular formula is C23H29ClFN3O4. The second-order valence-corrected chi connectivity index (χ2v) is 8.09. The summed E-state index contributed by atoms with van der Waals surface area (Å²) in [5, 5.41) is 5.20. The predicted octanol–water partition coefficient (Wildman–Crippen LogP) is 4.05. The minimum absolute atomic E-state index is 0.106. The molecule has 1 aliphatic rings. The van der Waals surface area contributed by atoms with E-state index in [-0.39, 0.29) is 34.9 Å². The first-order chi connectivity index (χ1) is 15.4. The molecule has 0 spiro atoms. The summed E-state index contributed by atoms with van der Waals surface area (Å²) in [6.07, 6.45) is 1.97. The van der Waals surface area contributed by atoms with Gasteiger partial charge in [-0.1, -0.05) is 24.9 Å². The van der Waals surface area contributed by atoms with E-state index in [9.17, 15) is 9.18 Å². The van der Waals surface area contributed by atoms with Gasteiger partial charge in [-0.05, 0) is 43.2 Å². The first kappa shape index (κ1) is 24.1. The number of piperidine rings is 1. The molecule has 3 rings (SSSR count). The number of nitrogens with zero attached hydrogens (tertiary/aromatic N) is 1. The van der Waals surface area contributed by atoms with Gasteiger partial charge in [0.1, 0.15) is 17.3 Å². The molecule has 0 radical (unpaired) electrons. The van der Waals surface area contributed by atoms with E-state index in [1.54, 1.807) is 19.2 Å². The Bertz CT molecular complexity index is 928. The number of hydroxylamine groups is 2. The molecule has 2 aromatic carbocycles. The second-order valence-electron chi connectivity index (χ2n) is 7.68. The highest BCUT2D eigenvalue weighted by atomic mass is 35.5. The first-order valence-electron chi connectivity index (χ1n) is 10.5. The van der Waals surface area contributed by atoms with Crippen molar-refractivity contribution in [2.45, 2.75) is 44.4 Å². The van der Waals surface area contributed by atoms with Gasteiger partial charge >= 0.3 is 0 Å². The van der Waals surface area contributed by atoms with E-state index < -0.39 is 0 Å². The third-order valence-corrected chi connectivity index (χ3v) is 5.91. The van der Waals surface area contributed by atoms with E-state index in [0.29, 0.717) is 35.7 Å². The fraction of sp³-hybridized carbons (Fsp3) is 0.435. The lowest BCUT2D eigenvalue weighted by molar-refractivity contribution is -0.166. The monoisotopic (exact) mass is 465 g/mol. The highest BCUT2D eigenvalue weighted by Gasteiger charge is 2.40. The number of nitrogens with two attached hydrogens (primary N) is 1. The summed E-state index contributed by atoms with van der Waals surface area (Å²) < 4.78 is 24.4. The zero-order valence-corrected chi connectivity index (χ0v) is 19.2. The quantitative estimate of drug-likeness (QED) is 0.572. The average molecular weight is 466 g/mol. The maximum Gasteiger partial charge on any atom is 0.255 e. The van der Waals surface area contributed by atoms with Gasteiger partial charge < -0.3 is 25.4 Å². The van der Waals surface area contributed by atoms with Crippen molar-refractivity contribution in [3.05, 3.63) is 52.8 Å². The van der Waals surface area contributed by atoms with Gasteiger partial charge in [-0.2, -0.15) is 0 Å². The summed E-state index contributed by atoms with van der Waals surface area (Å²) in [6, 6.07) is 8.57. The highest BCUT2D eigenvalue weighted by Crippen LogP contribution is 2.30. The van der Waals surface area contributed by atoms with Crippen LogP contribution in [-0.4, -0.2) is 49.9 Å². The van der Waals surface area contributed by atoms with Crippen LogP contribution in [0.25, 0.3) is 0 Å². The Labute approximate surface area is 192 Å². The third-order valence-electron chi connectivity index (χ3n) is 5.58. The Balaban J connectivity index is 1.77. The predicted molar refractivity (Wildman–Crippen MR) is 122 cm³/mol. The smallest absolute Gasteiger partial charge is 0.255 e. The lowest BCUT2D eigenvalue weighted by atomic mass is 9.92. The number of halogens is 2. The molecule has 7 nitrogen and oxygen atoms in total. The molecule has 0 bridgehead atoms. The molecule has 1 fully saturated rings. The molecule has 2 aromatic rings. The Morgan fingerprint density at radius 1 is 1.28 bits per heavy atom.